The van der Waals surface area contributed by atoms with E-state index in [-0.39, 0.29) is 14.8 Å². The number of nitrogens with zero attached hydrogens (tertiary/aromatic N) is 1. The molecule has 0 saturated heterocycles. The van der Waals surface area contributed by atoms with Crippen LogP contribution in [0.4, 0.5) is 5.69 Å². The fourth-order valence-corrected chi connectivity index (χ4v) is 5.15. The van der Waals surface area contributed by atoms with Crippen LogP contribution in [-0.2, 0) is 9.84 Å². The van der Waals surface area contributed by atoms with Crippen LogP contribution in [-0.4, -0.2) is 19.3 Å². The van der Waals surface area contributed by atoms with Crippen LogP contribution < -0.4 is 5.32 Å². The highest BCUT2D eigenvalue weighted by molar-refractivity contribution is 7.93. The maximum atomic E-state index is 12.8. The van der Waals surface area contributed by atoms with Crippen molar-refractivity contribution in [1.29, 1.82) is 0 Å². The predicted octanol–water partition coefficient (Wildman–Crippen LogP) is 4.84. The van der Waals surface area contributed by atoms with Crippen LogP contribution in [0.2, 0.25) is 10.0 Å². The highest BCUT2D eigenvalue weighted by atomic mass is 35.5. The third-order valence-corrected chi connectivity index (χ3v) is 7.19. The minimum atomic E-state index is -3.89. The summed E-state index contributed by atoms with van der Waals surface area (Å²) in [6.07, 6.45) is 0. The summed E-state index contributed by atoms with van der Waals surface area (Å²) in [5.74, 6) is -0.649. The molecule has 0 aliphatic carbocycles. The van der Waals surface area contributed by atoms with Gasteiger partial charge in [-0.1, -0.05) is 29.3 Å². The Kier molecular flexibility index (Phi) is 5.34. The third-order valence-electron chi connectivity index (χ3n) is 3.49. The number of halogens is 2. The molecular weight excluding hydrogens is 415 g/mol. The van der Waals surface area contributed by atoms with E-state index in [0.717, 1.165) is 16.9 Å². The molecular formula is C17H12Cl2N2O3S2. The lowest BCUT2D eigenvalue weighted by Gasteiger charge is -2.08. The fraction of sp³-hybridized carbons (Fsp3) is 0.0588. The Bertz CT molecular complexity index is 1080. The van der Waals surface area contributed by atoms with Gasteiger partial charge < -0.3 is 5.32 Å². The number of aryl methyl sites for hydroxylation is 1. The predicted molar refractivity (Wildman–Crippen MR) is 103 cm³/mol. The van der Waals surface area contributed by atoms with Gasteiger partial charge in [-0.2, -0.15) is 0 Å². The zero-order chi connectivity index (χ0) is 18.9. The number of sulfone groups is 1. The van der Waals surface area contributed by atoms with Crippen molar-refractivity contribution in [3.63, 3.8) is 0 Å². The number of carbonyl (C=O) groups is 1. The Hall–Kier alpha value is -1.93. The zero-order valence-corrected chi connectivity index (χ0v) is 16.5. The number of anilines is 1. The Morgan fingerprint density at radius 2 is 1.81 bits per heavy atom. The van der Waals surface area contributed by atoms with Crippen LogP contribution in [0.15, 0.2) is 57.1 Å². The van der Waals surface area contributed by atoms with Crippen LogP contribution in [0.1, 0.15) is 16.1 Å². The zero-order valence-electron chi connectivity index (χ0n) is 13.4. The highest BCUT2D eigenvalue weighted by Crippen LogP contribution is 2.30. The highest BCUT2D eigenvalue weighted by Gasteiger charge is 2.28. The summed E-state index contributed by atoms with van der Waals surface area (Å²) in [5.41, 5.74) is 2.45. The molecule has 26 heavy (non-hydrogen) atoms. The quantitative estimate of drug-likeness (QED) is 0.646. The molecule has 134 valence electrons. The van der Waals surface area contributed by atoms with E-state index >= 15 is 0 Å². The number of aromatic nitrogens is 1. The average molecular weight is 427 g/mol. The standard InChI is InChI=1S/C17H12Cl2N2O3S2/c1-10-2-7-14(13(19)8-10)21-16(22)15-17(25-9-20-15)26(23,24)12-5-3-11(18)4-6-12/h2-9H,1H3,(H,21,22). The lowest BCUT2D eigenvalue weighted by Crippen LogP contribution is -2.16. The summed E-state index contributed by atoms with van der Waals surface area (Å²) in [6, 6.07) is 10.8. The minimum Gasteiger partial charge on any atom is -0.319 e. The first-order valence-electron chi connectivity index (χ1n) is 7.30. The first kappa shape index (κ1) is 18.8. The van der Waals surface area contributed by atoms with Crippen molar-refractivity contribution in [1.82, 2.24) is 4.98 Å². The molecule has 0 atom stereocenters. The van der Waals surface area contributed by atoms with E-state index in [1.807, 2.05) is 6.92 Å². The van der Waals surface area contributed by atoms with E-state index < -0.39 is 15.7 Å². The van der Waals surface area contributed by atoms with Crippen molar-refractivity contribution in [2.24, 2.45) is 0 Å². The van der Waals surface area contributed by atoms with Gasteiger partial charge in [-0.15, -0.1) is 11.3 Å². The molecule has 1 aromatic heterocycles. The molecule has 0 saturated carbocycles. The largest absolute Gasteiger partial charge is 0.319 e. The molecule has 0 aliphatic heterocycles. The van der Waals surface area contributed by atoms with Crippen LogP contribution in [0.25, 0.3) is 0 Å². The second kappa shape index (κ2) is 7.36. The van der Waals surface area contributed by atoms with Gasteiger partial charge in [0.1, 0.15) is 0 Å². The first-order valence-corrected chi connectivity index (χ1v) is 10.4. The van der Waals surface area contributed by atoms with Crippen LogP contribution in [0.5, 0.6) is 0 Å². The van der Waals surface area contributed by atoms with Gasteiger partial charge >= 0.3 is 0 Å². The SMILES string of the molecule is Cc1ccc(NC(=O)c2ncsc2S(=O)(=O)c2ccc(Cl)cc2)c(Cl)c1. The van der Waals surface area contributed by atoms with Crippen molar-refractivity contribution < 1.29 is 13.2 Å². The number of amides is 1. The summed E-state index contributed by atoms with van der Waals surface area (Å²) >= 11 is 12.8. The normalized spacial score (nSPS) is 11.3. The number of hydrogen-bond donors (Lipinski definition) is 1. The molecule has 5 nitrogen and oxygen atoms in total. The Balaban J connectivity index is 1.95. The van der Waals surface area contributed by atoms with E-state index in [1.54, 1.807) is 18.2 Å². The summed E-state index contributed by atoms with van der Waals surface area (Å²) in [4.78, 5) is 16.5. The number of thiazole rings is 1. The molecule has 3 aromatic rings. The topological polar surface area (TPSA) is 76.1 Å². The van der Waals surface area contributed by atoms with Crippen molar-refractivity contribution in [2.75, 3.05) is 5.32 Å². The molecule has 1 N–H and O–H groups in total. The Morgan fingerprint density at radius 3 is 2.46 bits per heavy atom. The van der Waals surface area contributed by atoms with Gasteiger partial charge in [0.2, 0.25) is 9.84 Å². The molecule has 9 heteroatoms. The van der Waals surface area contributed by atoms with Crippen molar-refractivity contribution >= 4 is 56.0 Å². The van der Waals surface area contributed by atoms with Gasteiger partial charge in [-0.3, -0.25) is 4.79 Å². The number of hydrogen-bond acceptors (Lipinski definition) is 5. The van der Waals surface area contributed by atoms with E-state index in [0.29, 0.717) is 15.7 Å². The maximum absolute atomic E-state index is 12.8. The van der Waals surface area contributed by atoms with Crippen LogP contribution >= 0.6 is 34.5 Å². The van der Waals surface area contributed by atoms with Crippen LogP contribution in [0, 0.1) is 6.92 Å². The summed E-state index contributed by atoms with van der Waals surface area (Å²) < 4.78 is 25.5. The summed E-state index contributed by atoms with van der Waals surface area (Å²) in [6.45, 7) is 1.87. The van der Waals surface area contributed by atoms with Crippen molar-refractivity contribution in [2.45, 2.75) is 16.0 Å². The van der Waals surface area contributed by atoms with Gasteiger partial charge in [0.25, 0.3) is 5.91 Å². The number of carbonyl (C=O) groups excluding carboxylic acids is 1. The summed E-state index contributed by atoms with van der Waals surface area (Å²) in [7, 11) is -3.89. The van der Waals surface area contributed by atoms with Gasteiger partial charge in [-0.05, 0) is 48.9 Å². The van der Waals surface area contributed by atoms with E-state index in [1.165, 1.54) is 29.8 Å². The summed E-state index contributed by atoms with van der Waals surface area (Å²) in [5, 5.41) is 3.37. The molecule has 0 aliphatic rings. The fourth-order valence-electron chi connectivity index (χ4n) is 2.20. The third kappa shape index (κ3) is 3.76. The number of nitrogens with one attached hydrogen (secondary N) is 1. The Morgan fingerprint density at radius 1 is 1.12 bits per heavy atom. The monoisotopic (exact) mass is 426 g/mol. The van der Waals surface area contributed by atoms with E-state index in [2.05, 4.69) is 10.3 Å². The molecule has 0 unspecified atom stereocenters. The molecule has 0 fully saturated rings. The first-order chi connectivity index (χ1) is 12.3. The van der Waals surface area contributed by atoms with Crippen molar-refractivity contribution in [3.05, 3.63) is 69.3 Å². The minimum absolute atomic E-state index is 0.0357. The molecule has 0 spiro atoms. The molecule has 0 radical (unpaired) electrons. The smallest absolute Gasteiger partial charge is 0.276 e. The number of rotatable bonds is 4. The van der Waals surface area contributed by atoms with Crippen molar-refractivity contribution in [3.8, 4) is 0 Å². The van der Waals surface area contributed by atoms with Gasteiger partial charge in [-0.25, -0.2) is 13.4 Å². The van der Waals surface area contributed by atoms with E-state index in [4.69, 9.17) is 23.2 Å². The number of benzene rings is 2. The Labute approximate surface area is 164 Å². The van der Waals surface area contributed by atoms with Gasteiger partial charge in [0.15, 0.2) is 9.90 Å². The lowest BCUT2D eigenvalue weighted by molar-refractivity contribution is 0.102. The maximum Gasteiger partial charge on any atom is 0.276 e. The molecule has 1 heterocycles. The second-order valence-corrected chi connectivity index (χ2v) is 9.23. The average Bonchev–Trinajstić information content (AvgIpc) is 3.08. The van der Waals surface area contributed by atoms with E-state index in [9.17, 15) is 13.2 Å². The van der Waals surface area contributed by atoms with Gasteiger partial charge in [0.05, 0.1) is 21.1 Å². The lowest BCUT2D eigenvalue weighted by atomic mass is 10.2. The second-order valence-electron chi connectivity index (χ2n) is 5.38. The van der Waals surface area contributed by atoms with Gasteiger partial charge in [0, 0.05) is 5.02 Å². The van der Waals surface area contributed by atoms with Crippen LogP contribution in [0.3, 0.4) is 0 Å². The molecule has 3 rings (SSSR count). The molecule has 0 bridgehead atoms. The molecule has 1 amide bonds. The molecule has 2 aromatic carbocycles.